The largest absolute Gasteiger partial charge is 0.522 e. The zero-order valence-electron chi connectivity index (χ0n) is 15.0. The Bertz CT molecular complexity index is 825. The number of rotatable bonds is 5. The standard InChI is InChI=1S/C17H18F4N4O3/c1-9(15(26)25-8-7-13(10(25)2)28-17(19,20)21)22-16-24-23-14(27-16)11-3-5-12(18)6-4-11/h3-6,9-10,13H,7-8H2,1-2H3,(H,22,24)/t9-,10-,13+/m1/s1. The van der Waals surface area contributed by atoms with Crippen molar-refractivity contribution < 1.29 is 31.5 Å². The van der Waals surface area contributed by atoms with Crippen LogP contribution in [0.25, 0.3) is 11.5 Å². The van der Waals surface area contributed by atoms with Crippen molar-refractivity contribution in [3.63, 3.8) is 0 Å². The number of nitrogens with zero attached hydrogens (tertiary/aromatic N) is 3. The Balaban J connectivity index is 1.61. The molecule has 1 fully saturated rings. The highest BCUT2D eigenvalue weighted by Gasteiger charge is 2.43. The van der Waals surface area contributed by atoms with Crippen LogP contribution in [0.1, 0.15) is 20.3 Å². The third-order valence-electron chi connectivity index (χ3n) is 4.48. The van der Waals surface area contributed by atoms with Gasteiger partial charge in [0.15, 0.2) is 0 Å². The molecule has 0 aliphatic carbocycles. The van der Waals surface area contributed by atoms with E-state index in [-0.39, 0.29) is 24.9 Å². The van der Waals surface area contributed by atoms with Crippen LogP contribution in [0.15, 0.2) is 28.7 Å². The summed E-state index contributed by atoms with van der Waals surface area (Å²) in [5.74, 6) is -0.689. The Morgan fingerprint density at radius 2 is 2.00 bits per heavy atom. The van der Waals surface area contributed by atoms with Crippen molar-refractivity contribution in [2.45, 2.75) is 44.8 Å². The maximum Gasteiger partial charge on any atom is 0.522 e. The van der Waals surface area contributed by atoms with E-state index in [9.17, 15) is 22.4 Å². The van der Waals surface area contributed by atoms with Crippen LogP contribution in [-0.4, -0.2) is 52.1 Å². The summed E-state index contributed by atoms with van der Waals surface area (Å²) in [6, 6.07) is 3.85. The van der Waals surface area contributed by atoms with E-state index in [0.29, 0.717) is 5.56 Å². The molecule has 2 heterocycles. The molecular weight excluding hydrogens is 384 g/mol. The predicted molar refractivity (Wildman–Crippen MR) is 89.5 cm³/mol. The van der Waals surface area contributed by atoms with Gasteiger partial charge < -0.3 is 14.6 Å². The van der Waals surface area contributed by atoms with Crippen LogP contribution in [0.4, 0.5) is 23.6 Å². The van der Waals surface area contributed by atoms with E-state index in [1.807, 2.05) is 0 Å². The molecule has 3 atom stereocenters. The molecule has 0 bridgehead atoms. The minimum Gasteiger partial charge on any atom is -0.403 e. The van der Waals surface area contributed by atoms with Gasteiger partial charge >= 0.3 is 12.4 Å². The Morgan fingerprint density at radius 3 is 2.64 bits per heavy atom. The van der Waals surface area contributed by atoms with Crippen molar-refractivity contribution in [1.82, 2.24) is 15.1 Å². The number of amides is 1. The molecule has 152 valence electrons. The van der Waals surface area contributed by atoms with E-state index in [2.05, 4.69) is 20.3 Å². The maximum atomic E-state index is 13.0. The number of benzene rings is 1. The number of ether oxygens (including phenoxy) is 1. The average Bonchev–Trinajstić information content (AvgIpc) is 3.21. The summed E-state index contributed by atoms with van der Waals surface area (Å²) in [6.45, 7) is 3.19. The lowest BCUT2D eigenvalue weighted by Crippen LogP contribution is -2.45. The van der Waals surface area contributed by atoms with Gasteiger partial charge in [0, 0.05) is 12.1 Å². The number of aromatic nitrogens is 2. The minimum atomic E-state index is -4.75. The van der Waals surface area contributed by atoms with Gasteiger partial charge in [-0.25, -0.2) is 4.39 Å². The van der Waals surface area contributed by atoms with Crippen LogP contribution in [0.2, 0.25) is 0 Å². The average molecular weight is 402 g/mol. The summed E-state index contributed by atoms with van der Waals surface area (Å²) in [7, 11) is 0. The Labute approximate surface area is 157 Å². The van der Waals surface area contributed by atoms with Crippen LogP contribution < -0.4 is 5.32 Å². The molecule has 7 nitrogen and oxygen atoms in total. The zero-order chi connectivity index (χ0) is 20.5. The SMILES string of the molecule is C[C@@H]1[C@@H](OC(F)(F)F)CCN1C(=O)[C@@H](C)Nc1nnc(-c2ccc(F)cc2)o1. The molecule has 1 aliphatic rings. The molecule has 3 rings (SSSR count). The van der Waals surface area contributed by atoms with E-state index in [1.165, 1.54) is 43.0 Å². The van der Waals surface area contributed by atoms with Crippen LogP contribution in [-0.2, 0) is 9.53 Å². The Morgan fingerprint density at radius 1 is 1.32 bits per heavy atom. The van der Waals surface area contributed by atoms with Crippen molar-refractivity contribution >= 4 is 11.9 Å². The molecule has 28 heavy (non-hydrogen) atoms. The highest BCUT2D eigenvalue weighted by molar-refractivity contribution is 5.84. The lowest BCUT2D eigenvalue weighted by Gasteiger charge is -2.27. The molecular formula is C17H18F4N4O3. The fourth-order valence-electron chi connectivity index (χ4n) is 3.04. The van der Waals surface area contributed by atoms with Crippen molar-refractivity contribution in [1.29, 1.82) is 0 Å². The lowest BCUT2D eigenvalue weighted by molar-refractivity contribution is -0.343. The number of anilines is 1. The maximum absolute atomic E-state index is 13.0. The monoisotopic (exact) mass is 402 g/mol. The van der Waals surface area contributed by atoms with Gasteiger partial charge in [0.05, 0.1) is 12.1 Å². The molecule has 0 unspecified atom stereocenters. The van der Waals surface area contributed by atoms with Gasteiger partial charge in [0.1, 0.15) is 11.9 Å². The van der Waals surface area contributed by atoms with Gasteiger partial charge in [-0.15, -0.1) is 18.3 Å². The quantitative estimate of drug-likeness (QED) is 0.774. The lowest BCUT2D eigenvalue weighted by atomic mass is 10.2. The van der Waals surface area contributed by atoms with E-state index in [4.69, 9.17) is 4.42 Å². The van der Waals surface area contributed by atoms with Crippen LogP contribution in [0.3, 0.4) is 0 Å². The topological polar surface area (TPSA) is 80.5 Å². The molecule has 1 N–H and O–H groups in total. The van der Waals surface area contributed by atoms with Gasteiger partial charge in [-0.2, -0.15) is 0 Å². The zero-order valence-corrected chi connectivity index (χ0v) is 15.0. The summed E-state index contributed by atoms with van der Waals surface area (Å²) >= 11 is 0. The number of hydrogen-bond acceptors (Lipinski definition) is 6. The summed E-state index contributed by atoms with van der Waals surface area (Å²) in [4.78, 5) is 13.9. The molecule has 1 aliphatic heterocycles. The highest BCUT2D eigenvalue weighted by Crippen LogP contribution is 2.29. The highest BCUT2D eigenvalue weighted by atomic mass is 19.4. The molecule has 0 saturated carbocycles. The van der Waals surface area contributed by atoms with E-state index in [0.717, 1.165) is 0 Å². The number of carbonyl (C=O) groups is 1. The first-order chi connectivity index (χ1) is 13.1. The minimum absolute atomic E-state index is 0.0323. The second kappa shape index (κ2) is 7.74. The van der Waals surface area contributed by atoms with Gasteiger partial charge in [-0.1, -0.05) is 5.10 Å². The molecule has 11 heteroatoms. The van der Waals surface area contributed by atoms with Gasteiger partial charge in [0.2, 0.25) is 11.8 Å². The molecule has 1 saturated heterocycles. The number of hydrogen-bond donors (Lipinski definition) is 1. The van der Waals surface area contributed by atoms with Crippen LogP contribution in [0, 0.1) is 5.82 Å². The van der Waals surface area contributed by atoms with Gasteiger partial charge in [-0.05, 0) is 44.5 Å². The molecule has 1 amide bonds. The number of carbonyl (C=O) groups excluding carboxylic acids is 1. The number of nitrogens with one attached hydrogen (secondary N) is 1. The number of halogens is 4. The van der Waals surface area contributed by atoms with Crippen molar-refractivity contribution in [2.24, 2.45) is 0 Å². The summed E-state index contributed by atoms with van der Waals surface area (Å²) in [5.41, 5.74) is 0.501. The third-order valence-corrected chi connectivity index (χ3v) is 4.48. The predicted octanol–water partition coefficient (Wildman–Crippen LogP) is 3.20. The van der Waals surface area contributed by atoms with E-state index in [1.54, 1.807) is 0 Å². The first-order valence-electron chi connectivity index (χ1n) is 8.55. The van der Waals surface area contributed by atoms with E-state index >= 15 is 0 Å². The van der Waals surface area contributed by atoms with Gasteiger partial charge in [0.25, 0.3) is 0 Å². The van der Waals surface area contributed by atoms with E-state index < -0.39 is 36.3 Å². The molecule has 0 radical (unpaired) electrons. The van der Waals surface area contributed by atoms with Crippen molar-refractivity contribution in [3.05, 3.63) is 30.1 Å². The molecule has 0 spiro atoms. The first kappa shape index (κ1) is 20.1. The second-order valence-corrected chi connectivity index (χ2v) is 6.45. The fraction of sp³-hybridized carbons (Fsp3) is 0.471. The Kier molecular flexibility index (Phi) is 5.54. The Hall–Kier alpha value is -2.69. The van der Waals surface area contributed by atoms with Crippen molar-refractivity contribution in [3.8, 4) is 11.5 Å². The summed E-state index contributed by atoms with van der Waals surface area (Å²) in [5, 5.41) is 10.3. The summed E-state index contributed by atoms with van der Waals surface area (Å²) in [6.07, 6.45) is -5.76. The number of likely N-dealkylation sites (tertiary alicyclic amines) is 1. The normalized spacial score (nSPS) is 21.0. The molecule has 1 aromatic carbocycles. The second-order valence-electron chi connectivity index (χ2n) is 6.45. The van der Waals surface area contributed by atoms with Crippen LogP contribution >= 0.6 is 0 Å². The number of alkyl halides is 3. The smallest absolute Gasteiger partial charge is 0.403 e. The van der Waals surface area contributed by atoms with Crippen LogP contribution in [0.5, 0.6) is 0 Å². The molecule has 1 aromatic heterocycles. The molecule has 2 aromatic rings. The third kappa shape index (κ3) is 4.58. The van der Waals surface area contributed by atoms with Gasteiger partial charge in [-0.3, -0.25) is 9.53 Å². The fourth-order valence-corrected chi connectivity index (χ4v) is 3.04. The summed E-state index contributed by atoms with van der Waals surface area (Å²) < 4.78 is 59.7. The first-order valence-corrected chi connectivity index (χ1v) is 8.55. The van der Waals surface area contributed by atoms with Crippen molar-refractivity contribution in [2.75, 3.05) is 11.9 Å².